The Kier molecular flexibility index (Phi) is 4.54. The van der Waals surface area contributed by atoms with E-state index < -0.39 is 41.5 Å². The van der Waals surface area contributed by atoms with Crippen molar-refractivity contribution in [3.63, 3.8) is 0 Å². The van der Waals surface area contributed by atoms with Crippen molar-refractivity contribution in [2.24, 2.45) is 0 Å². The van der Waals surface area contributed by atoms with E-state index in [1.54, 1.807) is 0 Å². The van der Waals surface area contributed by atoms with Crippen LogP contribution in [-0.4, -0.2) is 27.2 Å². The highest BCUT2D eigenvalue weighted by molar-refractivity contribution is 5.64. The van der Waals surface area contributed by atoms with E-state index in [2.05, 4.69) is 14.7 Å². The van der Waals surface area contributed by atoms with Gasteiger partial charge in [-0.05, 0) is 24.3 Å². The third-order valence-electron chi connectivity index (χ3n) is 3.40. The molecule has 0 spiro atoms. The Balaban J connectivity index is 2.10. The van der Waals surface area contributed by atoms with Gasteiger partial charge in [-0.3, -0.25) is 14.2 Å². The highest BCUT2D eigenvalue weighted by Gasteiger charge is 2.38. The van der Waals surface area contributed by atoms with Gasteiger partial charge in [-0.25, -0.2) is 4.98 Å². The standard InChI is InChI=1S/C16H9F6N3O2/c17-15(18,19)8-27-9-4-5-10(23-7-9)12-13(16(20,21)22)24-11-3-1-2-6-25(11)14(12)26/h1-7H,8H2. The molecule has 3 rings (SSSR count). The van der Waals surface area contributed by atoms with E-state index in [1.807, 2.05) is 0 Å². The number of ether oxygens (including phenoxy) is 1. The van der Waals surface area contributed by atoms with Gasteiger partial charge in [0.15, 0.2) is 12.3 Å². The summed E-state index contributed by atoms with van der Waals surface area (Å²) in [6.07, 6.45) is -7.47. The van der Waals surface area contributed by atoms with Crippen molar-refractivity contribution < 1.29 is 31.1 Å². The minimum atomic E-state index is -4.94. The Labute approximate surface area is 146 Å². The van der Waals surface area contributed by atoms with Crippen LogP contribution in [0.2, 0.25) is 0 Å². The number of halogens is 6. The van der Waals surface area contributed by atoms with Crippen LogP contribution in [0, 0.1) is 0 Å². The molecule has 3 aromatic rings. The van der Waals surface area contributed by atoms with Crippen LogP contribution in [0.4, 0.5) is 26.3 Å². The first-order valence-electron chi connectivity index (χ1n) is 7.31. The van der Waals surface area contributed by atoms with Crippen molar-refractivity contribution in [3.8, 4) is 17.0 Å². The number of nitrogens with zero attached hydrogens (tertiary/aromatic N) is 3. The van der Waals surface area contributed by atoms with Crippen LogP contribution in [0.1, 0.15) is 5.69 Å². The first-order valence-corrected chi connectivity index (χ1v) is 7.31. The van der Waals surface area contributed by atoms with Gasteiger partial charge in [0.05, 0.1) is 17.5 Å². The van der Waals surface area contributed by atoms with Crippen molar-refractivity contribution in [1.82, 2.24) is 14.4 Å². The number of hydrogen-bond donors (Lipinski definition) is 0. The maximum Gasteiger partial charge on any atom is 0.434 e. The van der Waals surface area contributed by atoms with Gasteiger partial charge in [-0.15, -0.1) is 0 Å². The fourth-order valence-corrected chi connectivity index (χ4v) is 2.30. The smallest absolute Gasteiger partial charge is 0.434 e. The SMILES string of the molecule is O=c1c(-c2ccc(OCC(F)(F)F)cn2)c(C(F)(F)F)nc2ccccn12. The van der Waals surface area contributed by atoms with Crippen LogP contribution in [0.3, 0.4) is 0 Å². The number of rotatable bonds is 3. The Bertz CT molecular complexity index is 1030. The van der Waals surface area contributed by atoms with Gasteiger partial charge in [-0.1, -0.05) is 6.07 Å². The molecule has 27 heavy (non-hydrogen) atoms. The summed E-state index contributed by atoms with van der Waals surface area (Å²) >= 11 is 0. The first kappa shape index (κ1) is 18.7. The van der Waals surface area contributed by atoms with Crippen LogP contribution in [0.5, 0.6) is 5.75 Å². The number of pyridine rings is 2. The van der Waals surface area contributed by atoms with Crippen molar-refractivity contribution >= 4 is 5.65 Å². The Morgan fingerprint density at radius 2 is 1.78 bits per heavy atom. The van der Waals surface area contributed by atoms with E-state index in [-0.39, 0.29) is 11.4 Å². The van der Waals surface area contributed by atoms with Gasteiger partial charge < -0.3 is 4.74 Å². The molecular formula is C16H9F6N3O2. The monoisotopic (exact) mass is 389 g/mol. The predicted molar refractivity (Wildman–Crippen MR) is 81.2 cm³/mol. The lowest BCUT2D eigenvalue weighted by Gasteiger charge is -2.13. The van der Waals surface area contributed by atoms with Gasteiger partial charge in [0.2, 0.25) is 0 Å². The largest absolute Gasteiger partial charge is 0.483 e. The lowest BCUT2D eigenvalue weighted by Crippen LogP contribution is -2.24. The molecule has 142 valence electrons. The second-order valence-electron chi connectivity index (χ2n) is 5.35. The summed E-state index contributed by atoms with van der Waals surface area (Å²) in [6.45, 7) is -1.58. The van der Waals surface area contributed by atoms with E-state index in [0.717, 1.165) is 22.7 Å². The highest BCUT2D eigenvalue weighted by atomic mass is 19.4. The molecule has 0 aliphatic rings. The minimum absolute atomic E-state index is 0.205. The normalized spacial score (nSPS) is 12.4. The minimum Gasteiger partial charge on any atom is -0.483 e. The Morgan fingerprint density at radius 1 is 1.04 bits per heavy atom. The number of fused-ring (bicyclic) bond motifs is 1. The maximum atomic E-state index is 13.4. The molecule has 3 aromatic heterocycles. The quantitative estimate of drug-likeness (QED) is 0.641. The third kappa shape index (κ3) is 4.01. The molecule has 0 amide bonds. The molecule has 11 heteroatoms. The van der Waals surface area contributed by atoms with Crippen LogP contribution in [-0.2, 0) is 6.18 Å². The van der Waals surface area contributed by atoms with Gasteiger partial charge in [0, 0.05) is 6.20 Å². The average Bonchev–Trinajstić information content (AvgIpc) is 2.59. The number of aromatic nitrogens is 3. The molecule has 0 aliphatic heterocycles. The lowest BCUT2D eigenvalue weighted by atomic mass is 10.1. The molecule has 0 atom stereocenters. The fraction of sp³-hybridized carbons (Fsp3) is 0.188. The fourth-order valence-electron chi connectivity index (χ4n) is 2.30. The second kappa shape index (κ2) is 6.56. The Hall–Kier alpha value is -3.11. The molecule has 5 nitrogen and oxygen atoms in total. The van der Waals surface area contributed by atoms with Crippen molar-refractivity contribution in [1.29, 1.82) is 0 Å². The molecule has 0 radical (unpaired) electrons. The number of hydrogen-bond acceptors (Lipinski definition) is 4. The van der Waals surface area contributed by atoms with Crippen LogP contribution >= 0.6 is 0 Å². The van der Waals surface area contributed by atoms with Crippen LogP contribution in [0.25, 0.3) is 16.9 Å². The van der Waals surface area contributed by atoms with Gasteiger partial charge >= 0.3 is 12.4 Å². The van der Waals surface area contributed by atoms with Gasteiger partial charge in [0.25, 0.3) is 5.56 Å². The zero-order valence-electron chi connectivity index (χ0n) is 13.2. The molecule has 0 saturated carbocycles. The van der Waals surface area contributed by atoms with E-state index in [4.69, 9.17) is 0 Å². The van der Waals surface area contributed by atoms with Crippen molar-refractivity contribution in [2.75, 3.05) is 6.61 Å². The lowest BCUT2D eigenvalue weighted by molar-refractivity contribution is -0.153. The van der Waals surface area contributed by atoms with Crippen LogP contribution in [0.15, 0.2) is 47.5 Å². The van der Waals surface area contributed by atoms with Crippen LogP contribution < -0.4 is 10.3 Å². The molecule has 0 aromatic carbocycles. The van der Waals surface area contributed by atoms with E-state index >= 15 is 0 Å². The molecule has 0 saturated heterocycles. The molecule has 0 fully saturated rings. The average molecular weight is 389 g/mol. The number of alkyl halides is 6. The molecule has 0 N–H and O–H groups in total. The topological polar surface area (TPSA) is 56.5 Å². The first-order chi connectivity index (χ1) is 12.6. The van der Waals surface area contributed by atoms with Gasteiger partial charge in [-0.2, -0.15) is 26.3 Å². The molecular weight excluding hydrogens is 380 g/mol. The van der Waals surface area contributed by atoms with E-state index in [9.17, 15) is 31.1 Å². The predicted octanol–water partition coefficient (Wildman–Crippen LogP) is 3.72. The van der Waals surface area contributed by atoms with Crippen molar-refractivity contribution in [2.45, 2.75) is 12.4 Å². The highest BCUT2D eigenvalue weighted by Crippen LogP contribution is 2.33. The van der Waals surface area contributed by atoms with Crippen molar-refractivity contribution in [3.05, 3.63) is 58.8 Å². The summed E-state index contributed by atoms with van der Waals surface area (Å²) in [5, 5.41) is 0. The molecule has 0 bridgehead atoms. The van der Waals surface area contributed by atoms with Gasteiger partial charge in [0.1, 0.15) is 11.4 Å². The summed E-state index contributed by atoms with van der Waals surface area (Å²) in [5.74, 6) is -0.307. The summed E-state index contributed by atoms with van der Waals surface area (Å²) in [7, 11) is 0. The molecule has 0 unspecified atom stereocenters. The summed E-state index contributed by atoms with van der Waals surface area (Å²) < 4.78 is 82.0. The van der Waals surface area contributed by atoms with E-state index in [0.29, 0.717) is 0 Å². The third-order valence-corrected chi connectivity index (χ3v) is 3.40. The summed E-state index contributed by atoms with van der Waals surface area (Å²) in [6, 6.07) is 6.06. The Morgan fingerprint density at radius 3 is 2.37 bits per heavy atom. The summed E-state index contributed by atoms with van der Waals surface area (Å²) in [4.78, 5) is 19.7. The molecule has 0 aliphatic carbocycles. The van der Waals surface area contributed by atoms with E-state index in [1.165, 1.54) is 24.4 Å². The zero-order chi connectivity index (χ0) is 19.8. The maximum absolute atomic E-state index is 13.4. The molecule has 3 heterocycles. The second-order valence-corrected chi connectivity index (χ2v) is 5.35. The zero-order valence-corrected chi connectivity index (χ0v) is 13.2. The summed E-state index contributed by atoms with van der Waals surface area (Å²) in [5.41, 5.74) is -3.85.